The lowest BCUT2D eigenvalue weighted by atomic mass is 9.83. The molecule has 2 aliphatic heterocycles. The van der Waals surface area contributed by atoms with Crippen LogP contribution in [0.15, 0.2) is 33.5 Å². The number of likely N-dealkylation sites (tertiary alicyclic amines) is 1. The average Bonchev–Trinajstić information content (AvgIpc) is 2.68. The lowest BCUT2D eigenvalue weighted by Gasteiger charge is -2.48. The van der Waals surface area contributed by atoms with E-state index >= 15 is 0 Å². The largest absolute Gasteiger partial charge is 0.483 e. The van der Waals surface area contributed by atoms with Gasteiger partial charge in [0.05, 0.1) is 11.6 Å². The number of esters is 1. The second-order valence-corrected chi connectivity index (χ2v) is 9.41. The predicted molar refractivity (Wildman–Crippen MR) is 115 cm³/mol. The highest BCUT2D eigenvalue weighted by atomic mass is 16.6. The van der Waals surface area contributed by atoms with Crippen molar-refractivity contribution in [3.05, 3.63) is 40.2 Å². The van der Waals surface area contributed by atoms with Gasteiger partial charge in [-0.15, -0.1) is 0 Å². The molecule has 2 aliphatic rings. The molecule has 2 atom stereocenters. The summed E-state index contributed by atoms with van der Waals surface area (Å²) in [5.41, 5.74) is 0.223. The number of nitrogens with zero attached hydrogens (tertiary/aromatic N) is 1. The Morgan fingerprint density at radius 2 is 1.87 bits per heavy atom. The first-order valence-electron chi connectivity index (χ1n) is 11.0. The first kappa shape index (κ1) is 20.9. The third kappa shape index (κ3) is 3.97. The topological polar surface area (TPSA) is 69.0 Å². The van der Waals surface area contributed by atoms with Crippen molar-refractivity contribution < 1.29 is 18.7 Å². The van der Waals surface area contributed by atoms with Gasteiger partial charge in [-0.05, 0) is 63.9 Å². The van der Waals surface area contributed by atoms with Gasteiger partial charge in [-0.1, -0.05) is 20.3 Å². The molecule has 1 fully saturated rings. The van der Waals surface area contributed by atoms with E-state index in [2.05, 4.69) is 4.90 Å². The zero-order chi connectivity index (χ0) is 21.5. The number of ether oxygens (including phenoxy) is 2. The Morgan fingerprint density at radius 3 is 2.57 bits per heavy atom. The van der Waals surface area contributed by atoms with Crippen LogP contribution in [0.1, 0.15) is 65.0 Å². The van der Waals surface area contributed by atoms with E-state index in [4.69, 9.17) is 13.9 Å². The maximum atomic E-state index is 12.7. The van der Waals surface area contributed by atoms with Crippen molar-refractivity contribution in [2.45, 2.75) is 71.1 Å². The Balaban J connectivity index is 1.87. The standard InChI is InChI=1S/C24H31NO5/c1-15(2)14-19(27)29-23-21(25-12-6-5-7-13-25)20-17(30-24(23,3)4)10-8-16-9-11-18(26)28-22(16)20/h8-11,15,21,23H,5-7,12-14H2,1-4H3. The Kier molecular flexibility index (Phi) is 5.62. The molecule has 162 valence electrons. The van der Waals surface area contributed by atoms with Crippen LogP contribution in [0.25, 0.3) is 11.0 Å². The van der Waals surface area contributed by atoms with Gasteiger partial charge in [-0.2, -0.15) is 0 Å². The number of hydrogen-bond donors (Lipinski definition) is 0. The molecule has 1 aromatic carbocycles. The summed E-state index contributed by atoms with van der Waals surface area (Å²) in [4.78, 5) is 27.1. The molecule has 0 bridgehead atoms. The molecule has 6 nitrogen and oxygen atoms in total. The first-order valence-corrected chi connectivity index (χ1v) is 11.0. The second kappa shape index (κ2) is 8.06. The van der Waals surface area contributed by atoms with Crippen LogP contribution in [0.2, 0.25) is 0 Å². The Morgan fingerprint density at radius 1 is 1.17 bits per heavy atom. The third-order valence-corrected chi connectivity index (χ3v) is 6.05. The molecule has 0 spiro atoms. The van der Waals surface area contributed by atoms with E-state index in [-0.39, 0.29) is 17.9 Å². The minimum Gasteiger partial charge on any atom is -0.483 e. The summed E-state index contributed by atoms with van der Waals surface area (Å²) in [6.45, 7) is 9.75. The van der Waals surface area contributed by atoms with E-state index in [1.165, 1.54) is 12.5 Å². The average molecular weight is 414 g/mol. The number of hydrogen-bond acceptors (Lipinski definition) is 6. The van der Waals surface area contributed by atoms with E-state index in [1.807, 2.05) is 39.8 Å². The fraction of sp³-hybridized carbons (Fsp3) is 0.583. The van der Waals surface area contributed by atoms with Crippen LogP contribution in [0.5, 0.6) is 5.75 Å². The van der Waals surface area contributed by atoms with Crippen LogP contribution >= 0.6 is 0 Å². The number of carbonyl (C=O) groups excluding carboxylic acids is 1. The smallest absolute Gasteiger partial charge is 0.336 e. The van der Waals surface area contributed by atoms with E-state index < -0.39 is 17.3 Å². The van der Waals surface area contributed by atoms with Crippen molar-refractivity contribution >= 4 is 16.9 Å². The van der Waals surface area contributed by atoms with Gasteiger partial charge < -0.3 is 13.9 Å². The zero-order valence-electron chi connectivity index (χ0n) is 18.3. The lowest BCUT2D eigenvalue weighted by molar-refractivity contribution is -0.173. The predicted octanol–water partition coefficient (Wildman–Crippen LogP) is 4.45. The molecule has 30 heavy (non-hydrogen) atoms. The van der Waals surface area contributed by atoms with Crippen molar-refractivity contribution in [1.82, 2.24) is 4.90 Å². The van der Waals surface area contributed by atoms with Crippen LogP contribution in [0, 0.1) is 5.92 Å². The van der Waals surface area contributed by atoms with Crippen LogP contribution in [0.4, 0.5) is 0 Å². The van der Waals surface area contributed by atoms with Crippen molar-refractivity contribution in [2.24, 2.45) is 5.92 Å². The summed E-state index contributed by atoms with van der Waals surface area (Å²) >= 11 is 0. The molecule has 0 radical (unpaired) electrons. The van der Waals surface area contributed by atoms with E-state index in [9.17, 15) is 9.59 Å². The van der Waals surface area contributed by atoms with E-state index in [1.54, 1.807) is 6.07 Å². The summed E-state index contributed by atoms with van der Waals surface area (Å²) in [6.07, 6.45) is 3.23. The number of fused-ring (bicyclic) bond motifs is 3. The normalized spacial score (nSPS) is 23.8. The molecule has 0 saturated carbocycles. The highest BCUT2D eigenvalue weighted by Gasteiger charge is 2.50. The van der Waals surface area contributed by atoms with Crippen LogP contribution < -0.4 is 10.4 Å². The molecule has 0 N–H and O–H groups in total. The van der Waals surface area contributed by atoms with Crippen molar-refractivity contribution in [2.75, 3.05) is 13.1 Å². The van der Waals surface area contributed by atoms with Gasteiger partial charge in [0, 0.05) is 17.9 Å². The molecule has 0 amide bonds. The van der Waals surface area contributed by atoms with Gasteiger partial charge >= 0.3 is 11.6 Å². The van der Waals surface area contributed by atoms with E-state index in [0.29, 0.717) is 17.8 Å². The molecule has 0 aliphatic carbocycles. The molecule has 3 heterocycles. The number of rotatable bonds is 4. The van der Waals surface area contributed by atoms with Gasteiger partial charge in [0.25, 0.3) is 0 Å². The molecule has 6 heteroatoms. The fourth-order valence-electron chi connectivity index (χ4n) is 4.68. The maximum Gasteiger partial charge on any atom is 0.336 e. The highest BCUT2D eigenvalue weighted by molar-refractivity contribution is 5.83. The summed E-state index contributed by atoms with van der Waals surface area (Å²) in [5, 5.41) is 0.839. The lowest BCUT2D eigenvalue weighted by Crippen LogP contribution is -2.56. The van der Waals surface area contributed by atoms with Crippen LogP contribution in [0.3, 0.4) is 0 Å². The van der Waals surface area contributed by atoms with Crippen molar-refractivity contribution in [3.8, 4) is 5.75 Å². The number of carbonyl (C=O) groups is 1. The Labute approximate surface area is 177 Å². The molecule has 2 aromatic rings. The van der Waals surface area contributed by atoms with E-state index in [0.717, 1.165) is 36.9 Å². The Bertz CT molecular complexity index is 987. The van der Waals surface area contributed by atoms with Gasteiger partial charge in [0.2, 0.25) is 0 Å². The SMILES string of the molecule is CC(C)CC(=O)OC1C(N2CCCCC2)c2c(ccc3ccc(=O)oc23)OC1(C)C. The Hall–Kier alpha value is -2.34. The van der Waals surface area contributed by atoms with Crippen molar-refractivity contribution in [1.29, 1.82) is 0 Å². The highest BCUT2D eigenvalue weighted by Crippen LogP contribution is 2.47. The molecular weight excluding hydrogens is 382 g/mol. The van der Waals surface area contributed by atoms with Gasteiger partial charge in [-0.3, -0.25) is 9.69 Å². The number of piperidine rings is 1. The van der Waals surface area contributed by atoms with Gasteiger partial charge in [-0.25, -0.2) is 4.79 Å². The summed E-state index contributed by atoms with van der Waals surface area (Å²) in [5.74, 6) is 0.678. The number of benzene rings is 1. The molecular formula is C24H31NO5. The fourth-order valence-corrected chi connectivity index (χ4v) is 4.68. The minimum absolute atomic E-state index is 0.213. The van der Waals surface area contributed by atoms with Crippen LogP contribution in [-0.2, 0) is 9.53 Å². The molecule has 1 aromatic heterocycles. The summed E-state index contributed by atoms with van der Waals surface area (Å²) in [6, 6.07) is 6.81. The van der Waals surface area contributed by atoms with Crippen LogP contribution in [-0.4, -0.2) is 35.7 Å². The third-order valence-electron chi connectivity index (χ3n) is 6.05. The molecule has 2 unspecified atom stereocenters. The molecule has 4 rings (SSSR count). The molecule has 1 saturated heterocycles. The van der Waals surface area contributed by atoms with Gasteiger partial charge in [0.15, 0.2) is 6.10 Å². The maximum absolute atomic E-state index is 12.7. The quantitative estimate of drug-likeness (QED) is 0.545. The van der Waals surface area contributed by atoms with Gasteiger partial charge in [0.1, 0.15) is 16.9 Å². The zero-order valence-corrected chi connectivity index (χ0v) is 18.3. The monoisotopic (exact) mass is 413 g/mol. The first-order chi connectivity index (χ1) is 14.3. The van der Waals surface area contributed by atoms with Crippen molar-refractivity contribution in [3.63, 3.8) is 0 Å². The summed E-state index contributed by atoms with van der Waals surface area (Å²) < 4.78 is 18.1. The second-order valence-electron chi connectivity index (χ2n) is 9.41. The minimum atomic E-state index is -0.718. The summed E-state index contributed by atoms with van der Waals surface area (Å²) in [7, 11) is 0.